The fraction of sp³-hybridized carbons (Fsp3) is 0.529. The molecule has 1 heterocycles. The first-order chi connectivity index (χ1) is 12.1. The van der Waals surface area contributed by atoms with Crippen LogP contribution in [0.25, 0.3) is 0 Å². The van der Waals surface area contributed by atoms with Crippen molar-refractivity contribution in [3.05, 3.63) is 29.3 Å². The summed E-state index contributed by atoms with van der Waals surface area (Å²) in [6, 6.07) is 7.16. The molecule has 1 aliphatic rings. The van der Waals surface area contributed by atoms with E-state index in [4.69, 9.17) is 21.1 Å². The third kappa shape index (κ3) is 6.01. The fourth-order valence-electron chi connectivity index (χ4n) is 2.43. The zero-order chi connectivity index (χ0) is 18.1. The molecule has 0 unspecified atom stereocenters. The molecular formula is C17H24ClN3O4. The topological polar surface area (TPSA) is 71.1 Å². The van der Waals surface area contributed by atoms with Crippen LogP contribution in [0, 0.1) is 0 Å². The summed E-state index contributed by atoms with van der Waals surface area (Å²) >= 11 is 6.00. The Morgan fingerprint density at radius 2 is 1.84 bits per heavy atom. The van der Waals surface area contributed by atoms with Crippen LogP contribution < -0.4 is 10.1 Å². The van der Waals surface area contributed by atoms with Crippen molar-refractivity contribution in [2.45, 2.75) is 13.3 Å². The second-order valence-electron chi connectivity index (χ2n) is 5.54. The largest absolute Gasteiger partial charge is 0.492 e. The Hall–Kier alpha value is -2.15. The summed E-state index contributed by atoms with van der Waals surface area (Å²) in [6.45, 7) is 5.10. The highest BCUT2D eigenvalue weighted by molar-refractivity contribution is 6.32. The van der Waals surface area contributed by atoms with Crippen molar-refractivity contribution in [2.75, 3.05) is 45.9 Å². The lowest BCUT2D eigenvalue weighted by Crippen LogP contribution is -2.53. The lowest BCUT2D eigenvalue weighted by Gasteiger charge is -2.34. The van der Waals surface area contributed by atoms with Gasteiger partial charge in [0.2, 0.25) is 0 Å². The smallest absolute Gasteiger partial charge is 0.409 e. The molecule has 1 aliphatic heterocycles. The molecule has 1 aromatic carbocycles. The molecular weight excluding hydrogens is 346 g/mol. The Bertz CT molecular complexity index is 577. The minimum Gasteiger partial charge on any atom is -0.492 e. The molecule has 2 rings (SSSR count). The van der Waals surface area contributed by atoms with E-state index in [0.717, 1.165) is 0 Å². The van der Waals surface area contributed by atoms with E-state index in [9.17, 15) is 9.59 Å². The molecule has 0 aromatic heterocycles. The van der Waals surface area contributed by atoms with Gasteiger partial charge in [-0.3, -0.25) is 0 Å². The summed E-state index contributed by atoms with van der Waals surface area (Å²) in [5, 5.41) is 3.44. The molecule has 3 amide bonds. The molecule has 0 saturated carbocycles. The van der Waals surface area contributed by atoms with E-state index in [0.29, 0.717) is 63.1 Å². The van der Waals surface area contributed by atoms with Gasteiger partial charge in [0, 0.05) is 32.7 Å². The SMILES string of the molecule is CCOC(=O)N1CCN(C(=O)NCCCOc2ccccc2Cl)CC1. The number of carbonyl (C=O) groups is 2. The van der Waals surface area contributed by atoms with Gasteiger partial charge in [0.25, 0.3) is 0 Å². The van der Waals surface area contributed by atoms with Gasteiger partial charge in [0.05, 0.1) is 18.2 Å². The van der Waals surface area contributed by atoms with Gasteiger partial charge in [0.15, 0.2) is 0 Å². The maximum absolute atomic E-state index is 12.1. The van der Waals surface area contributed by atoms with Crippen LogP contribution in [0.15, 0.2) is 24.3 Å². The van der Waals surface area contributed by atoms with E-state index in [1.807, 2.05) is 18.2 Å². The van der Waals surface area contributed by atoms with Crippen molar-refractivity contribution < 1.29 is 19.1 Å². The molecule has 1 saturated heterocycles. The molecule has 0 aliphatic carbocycles. The third-order valence-corrected chi connectivity index (χ3v) is 4.10. The minimum atomic E-state index is -0.320. The fourth-order valence-corrected chi connectivity index (χ4v) is 2.62. The highest BCUT2D eigenvalue weighted by atomic mass is 35.5. The Balaban J connectivity index is 1.60. The molecule has 0 atom stereocenters. The Kier molecular flexibility index (Phi) is 7.66. The first-order valence-corrected chi connectivity index (χ1v) is 8.81. The van der Waals surface area contributed by atoms with Gasteiger partial charge in [-0.05, 0) is 25.5 Å². The quantitative estimate of drug-likeness (QED) is 0.782. The summed E-state index contributed by atoms with van der Waals surface area (Å²) in [5.74, 6) is 0.644. The van der Waals surface area contributed by atoms with Crippen molar-refractivity contribution in [3.8, 4) is 5.75 Å². The van der Waals surface area contributed by atoms with Crippen LogP contribution in [0.2, 0.25) is 5.02 Å². The Morgan fingerprint density at radius 3 is 2.52 bits per heavy atom. The maximum Gasteiger partial charge on any atom is 0.409 e. The number of ether oxygens (including phenoxy) is 2. The number of halogens is 1. The average molecular weight is 370 g/mol. The van der Waals surface area contributed by atoms with Gasteiger partial charge in [-0.25, -0.2) is 9.59 Å². The number of benzene rings is 1. The summed E-state index contributed by atoms with van der Waals surface area (Å²) < 4.78 is 10.5. The van der Waals surface area contributed by atoms with Crippen LogP contribution in [0.4, 0.5) is 9.59 Å². The zero-order valence-corrected chi connectivity index (χ0v) is 15.1. The van der Waals surface area contributed by atoms with Crippen LogP contribution in [-0.4, -0.2) is 67.9 Å². The lowest BCUT2D eigenvalue weighted by atomic mass is 10.3. The minimum absolute atomic E-state index is 0.124. The zero-order valence-electron chi connectivity index (χ0n) is 14.4. The Morgan fingerprint density at radius 1 is 1.16 bits per heavy atom. The normalized spacial score (nSPS) is 14.2. The first kappa shape index (κ1) is 19.2. The van der Waals surface area contributed by atoms with Gasteiger partial charge < -0.3 is 24.6 Å². The highest BCUT2D eigenvalue weighted by Crippen LogP contribution is 2.22. The standard InChI is InChI=1S/C17H24ClN3O4/c1-2-24-17(23)21-11-9-20(10-12-21)16(22)19-8-5-13-25-15-7-4-3-6-14(15)18/h3-4,6-7H,2,5,8-13H2,1H3,(H,19,22). The number of hydrogen-bond donors (Lipinski definition) is 1. The average Bonchev–Trinajstić information content (AvgIpc) is 2.63. The Labute approximate surface area is 152 Å². The number of nitrogens with zero attached hydrogens (tertiary/aromatic N) is 2. The monoisotopic (exact) mass is 369 g/mol. The molecule has 7 nitrogen and oxygen atoms in total. The van der Waals surface area contributed by atoms with Crippen molar-refractivity contribution in [2.24, 2.45) is 0 Å². The molecule has 25 heavy (non-hydrogen) atoms. The number of nitrogens with one attached hydrogen (secondary N) is 1. The number of hydrogen-bond acceptors (Lipinski definition) is 4. The third-order valence-electron chi connectivity index (χ3n) is 3.78. The second kappa shape index (κ2) is 9.98. The predicted molar refractivity (Wildman–Crippen MR) is 95.1 cm³/mol. The number of urea groups is 1. The lowest BCUT2D eigenvalue weighted by molar-refractivity contribution is 0.0851. The number of rotatable bonds is 6. The van der Waals surface area contributed by atoms with E-state index in [1.54, 1.807) is 22.8 Å². The molecule has 0 radical (unpaired) electrons. The highest BCUT2D eigenvalue weighted by Gasteiger charge is 2.24. The maximum atomic E-state index is 12.1. The van der Waals surface area contributed by atoms with E-state index < -0.39 is 0 Å². The van der Waals surface area contributed by atoms with Gasteiger partial charge >= 0.3 is 12.1 Å². The first-order valence-electron chi connectivity index (χ1n) is 8.43. The summed E-state index contributed by atoms with van der Waals surface area (Å²) in [4.78, 5) is 27.0. The summed E-state index contributed by atoms with van der Waals surface area (Å²) in [6.07, 6.45) is 0.360. The van der Waals surface area contributed by atoms with E-state index in [2.05, 4.69) is 5.32 Å². The van der Waals surface area contributed by atoms with Gasteiger partial charge in [-0.1, -0.05) is 23.7 Å². The number of piperazine rings is 1. The second-order valence-corrected chi connectivity index (χ2v) is 5.94. The molecule has 8 heteroatoms. The van der Waals surface area contributed by atoms with Gasteiger partial charge in [-0.2, -0.15) is 0 Å². The van der Waals surface area contributed by atoms with Crippen LogP contribution in [-0.2, 0) is 4.74 Å². The van der Waals surface area contributed by atoms with Gasteiger partial charge in [-0.15, -0.1) is 0 Å². The van der Waals surface area contributed by atoms with E-state index in [1.165, 1.54) is 0 Å². The number of amides is 3. The number of carbonyl (C=O) groups excluding carboxylic acids is 2. The summed E-state index contributed by atoms with van der Waals surface area (Å²) in [7, 11) is 0. The molecule has 138 valence electrons. The molecule has 0 bridgehead atoms. The van der Waals surface area contributed by atoms with Crippen molar-refractivity contribution in [3.63, 3.8) is 0 Å². The van der Waals surface area contributed by atoms with Crippen LogP contribution in [0.5, 0.6) is 5.75 Å². The molecule has 1 aromatic rings. The van der Waals surface area contributed by atoms with Crippen molar-refractivity contribution in [1.82, 2.24) is 15.1 Å². The van der Waals surface area contributed by atoms with Crippen LogP contribution in [0.1, 0.15) is 13.3 Å². The molecule has 0 spiro atoms. The summed E-state index contributed by atoms with van der Waals surface area (Å²) in [5.41, 5.74) is 0. The van der Waals surface area contributed by atoms with E-state index >= 15 is 0 Å². The van der Waals surface area contributed by atoms with Gasteiger partial charge in [0.1, 0.15) is 5.75 Å². The van der Waals surface area contributed by atoms with Crippen LogP contribution in [0.3, 0.4) is 0 Å². The molecule has 1 N–H and O–H groups in total. The van der Waals surface area contributed by atoms with Crippen LogP contribution >= 0.6 is 11.6 Å². The van der Waals surface area contributed by atoms with Crippen molar-refractivity contribution >= 4 is 23.7 Å². The molecule has 1 fully saturated rings. The predicted octanol–water partition coefficient (Wildman–Crippen LogP) is 2.59. The number of para-hydroxylation sites is 1. The van der Waals surface area contributed by atoms with E-state index in [-0.39, 0.29) is 12.1 Å². The van der Waals surface area contributed by atoms with Crippen molar-refractivity contribution in [1.29, 1.82) is 0 Å².